The number of rotatable bonds is 6. The highest BCUT2D eigenvalue weighted by molar-refractivity contribution is 5.90. The Morgan fingerprint density at radius 2 is 1.90 bits per heavy atom. The number of carbonyl (C=O) groups is 2. The van der Waals surface area contributed by atoms with Crippen LogP contribution in [-0.4, -0.2) is 46.9 Å². The molecule has 4 rings (SSSR count). The van der Waals surface area contributed by atoms with Crippen LogP contribution in [0.15, 0.2) is 48.7 Å². The number of nitrogens with one attached hydrogen (secondary N) is 1. The van der Waals surface area contributed by atoms with Gasteiger partial charge in [-0.25, -0.2) is 0 Å². The van der Waals surface area contributed by atoms with Crippen molar-refractivity contribution in [2.75, 3.05) is 20.2 Å². The van der Waals surface area contributed by atoms with Gasteiger partial charge in [0.25, 0.3) is 0 Å². The normalized spacial score (nSPS) is 14.8. The van der Waals surface area contributed by atoms with E-state index >= 15 is 0 Å². The third-order valence-corrected chi connectivity index (χ3v) is 5.93. The SMILES string of the molecule is COC(=O)C1CCN(C(=O)CCCc2c(-c3ccccn3)[nH]c3ccccc23)CC1. The number of hydrogen-bond acceptors (Lipinski definition) is 4. The fraction of sp³-hybridized carbons (Fsp3) is 0.375. The van der Waals surface area contributed by atoms with Crippen molar-refractivity contribution in [1.29, 1.82) is 0 Å². The Labute approximate surface area is 176 Å². The average molecular weight is 405 g/mol. The third-order valence-electron chi connectivity index (χ3n) is 5.93. The van der Waals surface area contributed by atoms with Gasteiger partial charge in [-0.3, -0.25) is 14.6 Å². The van der Waals surface area contributed by atoms with Gasteiger partial charge in [-0.05, 0) is 49.4 Å². The van der Waals surface area contributed by atoms with Gasteiger partial charge in [-0.15, -0.1) is 0 Å². The zero-order valence-electron chi connectivity index (χ0n) is 17.3. The maximum atomic E-state index is 12.7. The van der Waals surface area contributed by atoms with E-state index in [9.17, 15) is 9.59 Å². The summed E-state index contributed by atoms with van der Waals surface area (Å²) in [5, 5.41) is 1.18. The van der Waals surface area contributed by atoms with Crippen LogP contribution in [0.2, 0.25) is 0 Å². The largest absolute Gasteiger partial charge is 0.469 e. The maximum Gasteiger partial charge on any atom is 0.308 e. The number of carbonyl (C=O) groups excluding carboxylic acids is 2. The molecule has 0 atom stereocenters. The maximum absolute atomic E-state index is 12.7. The highest BCUT2D eigenvalue weighted by Crippen LogP contribution is 2.30. The minimum Gasteiger partial charge on any atom is -0.469 e. The molecular weight excluding hydrogens is 378 g/mol. The van der Waals surface area contributed by atoms with E-state index in [4.69, 9.17) is 4.74 Å². The number of piperidine rings is 1. The van der Waals surface area contributed by atoms with Crippen LogP contribution >= 0.6 is 0 Å². The molecule has 0 spiro atoms. The van der Waals surface area contributed by atoms with E-state index in [1.54, 1.807) is 6.20 Å². The first-order chi connectivity index (χ1) is 14.7. The van der Waals surface area contributed by atoms with Crippen LogP contribution in [0.5, 0.6) is 0 Å². The van der Waals surface area contributed by atoms with E-state index < -0.39 is 0 Å². The Kier molecular flexibility index (Phi) is 6.12. The van der Waals surface area contributed by atoms with E-state index in [0.717, 1.165) is 29.7 Å². The highest BCUT2D eigenvalue weighted by Gasteiger charge is 2.27. The van der Waals surface area contributed by atoms with E-state index in [1.807, 2.05) is 35.2 Å². The van der Waals surface area contributed by atoms with Gasteiger partial charge in [0.15, 0.2) is 0 Å². The van der Waals surface area contributed by atoms with Crippen molar-refractivity contribution < 1.29 is 14.3 Å². The minimum absolute atomic E-state index is 0.0776. The number of para-hydroxylation sites is 1. The van der Waals surface area contributed by atoms with Crippen molar-refractivity contribution in [1.82, 2.24) is 14.9 Å². The number of benzene rings is 1. The van der Waals surface area contributed by atoms with Gasteiger partial charge >= 0.3 is 5.97 Å². The van der Waals surface area contributed by atoms with Gasteiger partial charge in [-0.1, -0.05) is 24.3 Å². The number of pyridine rings is 1. The number of ether oxygens (including phenoxy) is 1. The number of hydrogen-bond donors (Lipinski definition) is 1. The number of likely N-dealkylation sites (tertiary alicyclic amines) is 1. The number of nitrogens with zero attached hydrogens (tertiary/aromatic N) is 2. The zero-order valence-corrected chi connectivity index (χ0v) is 17.3. The fourth-order valence-electron chi connectivity index (χ4n) is 4.29. The van der Waals surface area contributed by atoms with Gasteiger partial charge in [0, 0.05) is 36.6 Å². The zero-order chi connectivity index (χ0) is 20.9. The first-order valence-corrected chi connectivity index (χ1v) is 10.5. The molecule has 1 N–H and O–H groups in total. The summed E-state index contributed by atoms with van der Waals surface area (Å²) in [5.74, 6) is -0.0766. The number of aryl methyl sites for hydroxylation is 1. The number of fused-ring (bicyclic) bond motifs is 1. The fourth-order valence-corrected chi connectivity index (χ4v) is 4.29. The summed E-state index contributed by atoms with van der Waals surface area (Å²) in [7, 11) is 1.42. The molecule has 1 aliphatic heterocycles. The van der Waals surface area contributed by atoms with Crippen LogP contribution in [0.3, 0.4) is 0 Å². The molecule has 1 fully saturated rings. The molecule has 3 aromatic rings. The molecule has 30 heavy (non-hydrogen) atoms. The van der Waals surface area contributed by atoms with Crippen molar-refractivity contribution in [2.45, 2.75) is 32.1 Å². The van der Waals surface area contributed by atoms with E-state index in [2.05, 4.69) is 22.1 Å². The second-order valence-electron chi connectivity index (χ2n) is 7.77. The summed E-state index contributed by atoms with van der Waals surface area (Å²) >= 11 is 0. The van der Waals surface area contributed by atoms with Crippen molar-refractivity contribution in [3.63, 3.8) is 0 Å². The average Bonchev–Trinajstić information content (AvgIpc) is 3.18. The summed E-state index contributed by atoms with van der Waals surface area (Å²) in [5.41, 5.74) is 4.24. The summed E-state index contributed by atoms with van der Waals surface area (Å²) in [6.45, 7) is 1.26. The molecule has 0 bridgehead atoms. The van der Waals surface area contributed by atoms with Crippen LogP contribution in [0, 0.1) is 5.92 Å². The number of aromatic nitrogens is 2. The number of esters is 1. The molecule has 1 saturated heterocycles. The molecule has 0 radical (unpaired) electrons. The first kappa shape index (κ1) is 20.1. The summed E-state index contributed by atoms with van der Waals surface area (Å²) in [6.07, 6.45) is 5.25. The molecule has 0 saturated carbocycles. The van der Waals surface area contributed by atoms with Crippen LogP contribution in [0.1, 0.15) is 31.2 Å². The molecule has 0 unspecified atom stereocenters. The summed E-state index contributed by atoms with van der Waals surface area (Å²) < 4.78 is 4.82. The lowest BCUT2D eigenvalue weighted by Crippen LogP contribution is -2.40. The minimum atomic E-state index is -0.163. The van der Waals surface area contributed by atoms with E-state index in [-0.39, 0.29) is 17.8 Å². The van der Waals surface area contributed by atoms with Crippen LogP contribution in [0.25, 0.3) is 22.3 Å². The Morgan fingerprint density at radius 3 is 2.63 bits per heavy atom. The predicted molar refractivity (Wildman–Crippen MR) is 116 cm³/mol. The summed E-state index contributed by atoms with van der Waals surface area (Å²) in [6, 6.07) is 14.2. The lowest BCUT2D eigenvalue weighted by molar-refractivity contribution is -0.148. The number of H-pyrrole nitrogens is 1. The van der Waals surface area contributed by atoms with E-state index in [0.29, 0.717) is 32.4 Å². The Balaban J connectivity index is 1.41. The molecule has 1 amide bonds. The van der Waals surface area contributed by atoms with Gasteiger partial charge in [0.2, 0.25) is 5.91 Å². The van der Waals surface area contributed by atoms with Gasteiger partial charge < -0.3 is 14.6 Å². The summed E-state index contributed by atoms with van der Waals surface area (Å²) in [4.78, 5) is 34.2. The topological polar surface area (TPSA) is 75.3 Å². The van der Waals surface area contributed by atoms with Gasteiger partial charge in [-0.2, -0.15) is 0 Å². The molecule has 6 nitrogen and oxygen atoms in total. The van der Waals surface area contributed by atoms with Crippen molar-refractivity contribution in [3.05, 3.63) is 54.2 Å². The van der Waals surface area contributed by atoms with Gasteiger partial charge in [0.05, 0.1) is 24.4 Å². The molecule has 1 aromatic carbocycles. The van der Waals surface area contributed by atoms with Crippen molar-refractivity contribution in [3.8, 4) is 11.4 Å². The molecule has 0 aliphatic carbocycles. The Bertz CT molecular complexity index is 1020. The molecule has 3 heterocycles. The first-order valence-electron chi connectivity index (χ1n) is 10.5. The highest BCUT2D eigenvalue weighted by atomic mass is 16.5. The molecule has 156 valence electrons. The Morgan fingerprint density at radius 1 is 1.13 bits per heavy atom. The quantitative estimate of drug-likeness (QED) is 0.630. The number of aromatic amines is 1. The second-order valence-corrected chi connectivity index (χ2v) is 7.77. The monoisotopic (exact) mass is 405 g/mol. The van der Waals surface area contributed by atoms with Crippen LogP contribution in [-0.2, 0) is 20.7 Å². The van der Waals surface area contributed by atoms with Gasteiger partial charge in [0.1, 0.15) is 0 Å². The number of amides is 1. The van der Waals surface area contributed by atoms with Crippen molar-refractivity contribution in [2.24, 2.45) is 5.92 Å². The number of methoxy groups -OCH3 is 1. The van der Waals surface area contributed by atoms with Crippen molar-refractivity contribution >= 4 is 22.8 Å². The van der Waals surface area contributed by atoms with Crippen LogP contribution in [0.4, 0.5) is 0 Å². The molecule has 2 aromatic heterocycles. The predicted octanol–water partition coefficient (Wildman–Crippen LogP) is 3.96. The Hall–Kier alpha value is -3.15. The second kappa shape index (κ2) is 9.11. The van der Waals surface area contributed by atoms with Crippen LogP contribution < -0.4 is 0 Å². The molecule has 6 heteroatoms. The van der Waals surface area contributed by atoms with E-state index in [1.165, 1.54) is 18.1 Å². The molecule has 1 aliphatic rings. The lowest BCUT2D eigenvalue weighted by atomic mass is 9.96. The lowest BCUT2D eigenvalue weighted by Gasteiger charge is -2.30. The standard InChI is InChI=1S/C24H27N3O3/c1-30-24(29)17-12-15-27(16-13-17)22(28)11-6-8-19-18-7-2-3-9-20(18)26-23(19)21-10-4-5-14-25-21/h2-5,7,9-10,14,17,26H,6,8,11-13,15-16H2,1H3. The third kappa shape index (κ3) is 4.22. The smallest absolute Gasteiger partial charge is 0.308 e. The molecular formula is C24H27N3O3.